The Morgan fingerprint density at radius 2 is 1.75 bits per heavy atom. The van der Waals surface area contributed by atoms with E-state index in [1.807, 2.05) is 0 Å². The van der Waals surface area contributed by atoms with Gasteiger partial charge in [-0.2, -0.15) is 0 Å². The zero-order valence-electron chi connectivity index (χ0n) is 14.2. The maximum absolute atomic E-state index is 13.4. The van der Waals surface area contributed by atoms with Crippen molar-refractivity contribution in [3.05, 3.63) is 47.5 Å². The van der Waals surface area contributed by atoms with Crippen molar-refractivity contribution >= 4 is 0 Å². The molecule has 132 valence electrons. The monoisotopic (exact) mass is 336 g/mol. The third kappa shape index (κ3) is 4.22. The van der Waals surface area contributed by atoms with Crippen molar-refractivity contribution in [3.63, 3.8) is 0 Å². The molecule has 0 unspecified atom stereocenters. The predicted molar refractivity (Wildman–Crippen MR) is 89.7 cm³/mol. The zero-order valence-corrected chi connectivity index (χ0v) is 14.2. The Balaban J connectivity index is 1.49. The number of halogens is 2. The molecule has 0 atom stereocenters. The standard InChI is InChI=1S/C20H26F2O2/c1-2-3-4-14-12-23-20(24-13-14)16-7-5-15(6-8-16)17-9-10-18(21)19(22)11-17/h3-4,9-11,14-16,20H,2,5-8,12-13H2,1H3/b4-3+. The fraction of sp³-hybridized carbons (Fsp3) is 0.600. The normalized spacial score (nSPS) is 31.5. The van der Waals surface area contributed by atoms with E-state index in [-0.39, 0.29) is 6.29 Å². The van der Waals surface area contributed by atoms with Crippen LogP contribution in [0.1, 0.15) is 50.5 Å². The average molecular weight is 336 g/mol. The van der Waals surface area contributed by atoms with Gasteiger partial charge in [0.1, 0.15) is 0 Å². The second kappa shape index (κ2) is 8.21. The van der Waals surface area contributed by atoms with Crippen LogP contribution in [0.15, 0.2) is 30.4 Å². The van der Waals surface area contributed by atoms with Crippen molar-refractivity contribution in [2.45, 2.75) is 51.2 Å². The van der Waals surface area contributed by atoms with E-state index in [2.05, 4.69) is 19.1 Å². The summed E-state index contributed by atoms with van der Waals surface area (Å²) in [6.07, 6.45) is 9.21. The number of rotatable bonds is 4. The van der Waals surface area contributed by atoms with Crippen LogP contribution in [0.5, 0.6) is 0 Å². The van der Waals surface area contributed by atoms with E-state index >= 15 is 0 Å². The van der Waals surface area contributed by atoms with Crippen LogP contribution < -0.4 is 0 Å². The molecule has 1 heterocycles. The largest absolute Gasteiger partial charge is 0.352 e. The Kier molecular flexibility index (Phi) is 6.01. The fourth-order valence-corrected chi connectivity index (χ4v) is 3.74. The van der Waals surface area contributed by atoms with E-state index in [0.29, 0.717) is 17.8 Å². The molecule has 3 rings (SSSR count). The molecule has 4 heteroatoms. The maximum Gasteiger partial charge on any atom is 0.160 e. The van der Waals surface area contributed by atoms with Crippen LogP contribution in [0.2, 0.25) is 0 Å². The first kappa shape index (κ1) is 17.6. The minimum absolute atomic E-state index is 0.109. The first-order chi connectivity index (χ1) is 11.7. The Labute approximate surface area is 142 Å². The molecule has 0 N–H and O–H groups in total. The molecule has 0 spiro atoms. The minimum atomic E-state index is -0.775. The highest BCUT2D eigenvalue weighted by Crippen LogP contribution is 2.39. The van der Waals surface area contributed by atoms with Gasteiger partial charge in [-0.15, -0.1) is 0 Å². The minimum Gasteiger partial charge on any atom is -0.352 e. The fourth-order valence-electron chi connectivity index (χ4n) is 3.74. The Hall–Kier alpha value is -1.26. The topological polar surface area (TPSA) is 18.5 Å². The first-order valence-corrected chi connectivity index (χ1v) is 9.02. The molecule has 2 aliphatic rings. The van der Waals surface area contributed by atoms with E-state index in [1.165, 1.54) is 12.1 Å². The lowest BCUT2D eigenvalue weighted by Crippen LogP contribution is -2.37. The summed E-state index contributed by atoms with van der Waals surface area (Å²) >= 11 is 0. The summed E-state index contributed by atoms with van der Waals surface area (Å²) in [7, 11) is 0. The molecule has 1 aliphatic heterocycles. The number of ether oxygens (including phenoxy) is 2. The lowest BCUT2D eigenvalue weighted by molar-refractivity contribution is -0.222. The van der Waals surface area contributed by atoms with Crippen LogP contribution in [-0.4, -0.2) is 19.5 Å². The highest BCUT2D eigenvalue weighted by atomic mass is 19.2. The summed E-state index contributed by atoms with van der Waals surface area (Å²) in [6.45, 7) is 3.57. The number of hydrogen-bond donors (Lipinski definition) is 0. The van der Waals surface area contributed by atoms with Crippen molar-refractivity contribution in [3.8, 4) is 0 Å². The molecule has 1 aromatic carbocycles. The quantitative estimate of drug-likeness (QED) is 0.704. The van der Waals surface area contributed by atoms with Crippen molar-refractivity contribution in [2.24, 2.45) is 11.8 Å². The predicted octanol–water partition coefficient (Wildman–Crippen LogP) is 5.19. The van der Waals surface area contributed by atoms with Gasteiger partial charge >= 0.3 is 0 Å². The van der Waals surface area contributed by atoms with E-state index in [4.69, 9.17) is 9.47 Å². The third-order valence-corrected chi connectivity index (χ3v) is 5.16. The summed E-state index contributed by atoms with van der Waals surface area (Å²) < 4.78 is 38.3. The van der Waals surface area contributed by atoms with E-state index in [1.54, 1.807) is 6.07 Å². The third-order valence-electron chi connectivity index (χ3n) is 5.16. The van der Waals surface area contributed by atoms with Gasteiger partial charge < -0.3 is 9.47 Å². The second-order valence-electron chi connectivity index (χ2n) is 6.92. The molecule has 0 aromatic heterocycles. The van der Waals surface area contributed by atoms with Crippen molar-refractivity contribution in [1.29, 1.82) is 0 Å². The molecule has 24 heavy (non-hydrogen) atoms. The van der Waals surface area contributed by atoms with Crippen molar-refractivity contribution < 1.29 is 18.3 Å². The molecule has 1 aliphatic carbocycles. The Morgan fingerprint density at radius 3 is 2.38 bits per heavy atom. The number of benzene rings is 1. The van der Waals surface area contributed by atoms with Gasteiger partial charge in [0, 0.05) is 11.8 Å². The molecule has 1 saturated carbocycles. The van der Waals surface area contributed by atoms with Gasteiger partial charge in [0.15, 0.2) is 17.9 Å². The van der Waals surface area contributed by atoms with Gasteiger partial charge in [0.25, 0.3) is 0 Å². The molecule has 0 amide bonds. The lowest BCUT2D eigenvalue weighted by atomic mass is 9.78. The van der Waals surface area contributed by atoms with Crippen LogP contribution in [0.25, 0.3) is 0 Å². The molecular weight excluding hydrogens is 310 g/mol. The summed E-state index contributed by atoms with van der Waals surface area (Å²) in [6, 6.07) is 4.29. The summed E-state index contributed by atoms with van der Waals surface area (Å²) in [4.78, 5) is 0. The van der Waals surface area contributed by atoms with Crippen LogP contribution in [0.4, 0.5) is 8.78 Å². The Morgan fingerprint density at radius 1 is 1.04 bits per heavy atom. The van der Waals surface area contributed by atoms with Gasteiger partial charge in [0.2, 0.25) is 0 Å². The van der Waals surface area contributed by atoms with Gasteiger partial charge in [-0.3, -0.25) is 0 Å². The van der Waals surface area contributed by atoms with Gasteiger partial charge in [-0.25, -0.2) is 8.78 Å². The molecule has 1 saturated heterocycles. The van der Waals surface area contributed by atoms with Crippen LogP contribution in [-0.2, 0) is 9.47 Å². The van der Waals surface area contributed by atoms with Crippen molar-refractivity contribution in [2.75, 3.05) is 13.2 Å². The summed E-state index contributed by atoms with van der Waals surface area (Å²) in [5.41, 5.74) is 0.905. The van der Waals surface area contributed by atoms with Gasteiger partial charge in [-0.05, 0) is 55.7 Å². The summed E-state index contributed by atoms with van der Waals surface area (Å²) in [5.74, 6) is -0.453. The average Bonchev–Trinajstić information content (AvgIpc) is 2.63. The second-order valence-corrected chi connectivity index (χ2v) is 6.92. The zero-order chi connectivity index (χ0) is 16.9. The lowest BCUT2D eigenvalue weighted by Gasteiger charge is -2.37. The van der Waals surface area contributed by atoms with Gasteiger partial charge in [-0.1, -0.05) is 25.1 Å². The Bertz CT molecular complexity index is 557. The van der Waals surface area contributed by atoms with E-state index < -0.39 is 11.6 Å². The molecular formula is C20H26F2O2. The SMILES string of the molecule is CC/C=C/C1COC(C2CCC(c3ccc(F)c(F)c3)CC2)OC1. The maximum atomic E-state index is 13.4. The molecule has 1 aromatic rings. The van der Waals surface area contributed by atoms with Crippen LogP contribution in [0.3, 0.4) is 0 Å². The van der Waals surface area contributed by atoms with E-state index in [9.17, 15) is 8.78 Å². The first-order valence-electron chi connectivity index (χ1n) is 9.02. The molecule has 0 radical (unpaired) electrons. The molecule has 2 fully saturated rings. The van der Waals surface area contributed by atoms with Crippen molar-refractivity contribution in [1.82, 2.24) is 0 Å². The smallest absolute Gasteiger partial charge is 0.160 e. The van der Waals surface area contributed by atoms with Crippen LogP contribution >= 0.6 is 0 Å². The molecule has 0 bridgehead atoms. The highest BCUT2D eigenvalue weighted by Gasteiger charge is 2.32. The number of allylic oxidation sites excluding steroid dienone is 1. The highest BCUT2D eigenvalue weighted by molar-refractivity contribution is 5.22. The van der Waals surface area contributed by atoms with Crippen LogP contribution in [0, 0.1) is 23.5 Å². The number of hydrogen-bond acceptors (Lipinski definition) is 2. The van der Waals surface area contributed by atoms with E-state index in [0.717, 1.165) is 50.9 Å². The summed E-state index contributed by atoms with van der Waals surface area (Å²) in [5, 5.41) is 0. The molecule has 2 nitrogen and oxygen atoms in total. The van der Waals surface area contributed by atoms with Gasteiger partial charge in [0.05, 0.1) is 13.2 Å².